The fourth-order valence-corrected chi connectivity index (χ4v) is 9.51. The second kappa shape index (κ2) is 14.5. The molecule has 0 spiro atoms. The smallest absolute Gasteiger partial charge is 0.321 e. The lowest BCUT2D eigenvalue weighted by molar-refractivity contribution is -0.140. The highest BCUT2D eigenvalue weighted by Gasteiger charge is 2.58. The number of benzene rings is 2. The minimum atomic E-state index is -4.07. The van der Waals surface area contributed by atoms with E-state index in [9.17, 15) is 23.1 Å². The van der Waals surface area contributed by atoms with Crippen LogP contribution in [0.3, 0.4) is 0 Å². The topological polar surface area (TPSA) is 146 Å². The van der Waals surface area contributed by atoms with Crippen molar-refractivity contribution >= 4 is 33.3 Å². The number of thiazole rings is 1. The third-order valence-electron chi connectivity index (χ3n) is 9.42. The summed E-state index contributed by atoms with van der Waals surface area (Å²) in [6, 6.07) is 13.9. The monoisotopic (exact) mass is 697 g/mol. The first-order chi connectivity index (χ1) is 22.7. The number of aromatic nitrogens is 1. The van der Waals surface area contributed by atoms with Gasteiger partial charge in [-0.2, -0.15) is 4.31 Å². The third-order valence-corrected chi connectivity index (χ3v) is 12.1. The average molecular weight is 698 g/mol. The molecular weight excluding hydrogens is 651 g/mol. The normalized spacial score (nSPS) is 17.6. The molecule has 0 bridgehead atoms. The van der Waals surface area contributed by atoms with Crippen LogP contribution >= 0.6 is 11.3 Å². The molecule has 3 N–H and O–H groups in total. The van der Waals surface area contributed by atoms with Gasteiger partial charge in [-0.3, -0.25) is 4.79 Å². The van der Waals surface area contributed by atoms with Gasteiger partial charge in [0.15, 0.2) is 0 Å². The molecule has 1 fully saturated rings. The summed E-state index contributed by atoms with van der Waals surface area (Å²) in [5.74, 6) is -1.60. The number of primary amides is 1. The average Bonchev–Trinajstić information content (AvgIpc) is 3.77. The summed E-state index contributed by atoms with van der Waals surface area (Å²) in [4.78, 5) is 35.9. The molecule has 1 saturated heterocycles. The summed E-state index contributed by atoms with van der Waals surface area (Å²) in [5.41, 5.74) is 7.10. The number of carbonyl (C=O) groups excluding carboxylic acids is 2. The van der Waals surface area contributed by atoms with Crippen LogP contribution in [0.25, 0.3) is 0 Å². The molecule has 2 aliphatic rings. The predicted octanol–water partition coefficient (Wildman–Crippen LogP) is 4.07. The van der Waals surface area contributed by atoms with E-state index in [2.05, 4.69) is 4.98 Å². The van der Waals surface area contributed by atoms with Gasteiger partial charge in [-0.1, -0.05) is 58.0 Å². The van der Waals surface area contributed by atoms with Crippen LogP contribution in [0.5, 0.6) is 5.75 Å². The summed E-state index contributed by atoms with van der Waals surface area (Å²) >= 11 is 1.50. The van der Waals surface area contributed by atoms with Crippen molar-refractivity contribution in [3.63, 3.8) is 0 Å². The van der Waals surface area contributed by atoms with Crippen molar-refractivity contribution < 1.29 is 27.9 Å². The molecule has 2 aromatic carbocycles. The van der Waals surface area contributed by atoms with Crippen molar-refractivity contribution in [2.45, 2.75) is 70.5 Å². The number of hydrogen-bond donors (Lipinski definition) is 2. The van der Waals surface area contributed by atoms with Crippen LogP contribution in [0.2, 0.25) is 0 Å². The van der Waals surface area contributed by atoms with Gasteiger partial charge in [-0.05, 0) is 54.5 Å². The molecular formula is C35H47N5O6S2. The van der Waals surface area contributed by atoms with E-state index in [-0.39, 0.29) is 49.4 Å². The van der Waals surface area contributed by atoms with Crippen LogP contribution in [0.15, 0.2) is 58.8 Å². The number of aliphatic hydroxyl groups excluding tert-OH is 1. The van der Waals surface area contributed by atoms with Crippen molar-refractivity contribution in [1.29, 1.82) is 0 Å². The summed E-state index contributed by atoms with van der Waals surface area (Å²) in [6.07, 6.45) is -0.568. The number of nitrogens with two attached hydrogens (primary N) is 1. The Morgan fingerprint density at radius 1 is 1.12 bits per heavy atom. The molecule has 3 heterocycles. The zero-order valence-corrected chi connectivity index (χ0v) is 30.0. The van der Waals surface area contributed by atoms with E-state index in [1.807, 2.05) is 70.3 Å². The molecule has 11 nitrogen and oxygen atoms in total. The number of amides is 3. The molecule has 3 amide bonds. The number of rotatable bonds is 15. The van der Waals surface area contributed by atoms with E-state index in [4.69, 9.17) is 10.5 Å². The van der Waals surface area contributed by atoms with Crippen LogP contribution in [0.1, 0.15) is 49.5 Å². The molecule has 13 heteroatoms. The highest BCUT2D eigenvalue weighted by Crippen LogP contribution is 2.41. The van der Waals surface area contributed by atoms with Gasteiger partial charge in [0.2, 0.25) is 15.9 Å². The highest BCUT2D eigenvalue weighted by molar-refractivity contribution is 7.89. The van der Waals surface area contributed by atoms with Gasteiger partial charge in [0.05, 0.1) is 34.9 Å². The van der Waals surface area contributed by atoms with Crippen LogP contribution in [0, 0.1) is 24.7 Å². The Hall–Kier alpha value is -3.52. The van der Waals surface area contributed by atoms with E-state index in [0.29, 0.717) is 25.3 Å². The van der Waals surface area contributed by atoms with Gasteiger partial charge >= 0.3 is 6.03 Å². The van der Waals surface area contributed by atoms with Crippen molar-refractivity contribution in [1.82, 2.24) is 19.1 Å². The van der Waals surface area contributed by atoms with Crippen LogP contribution in [-0.2, 0) is 34.2 Å². The van der Waals surface area contributed by atoms with E-state index >= 15 is 0 Å². The third kappa shape index (κ3) is 7.10. The lowest BCUT2D eigenvalue weighted by Gasteiger charge is -2.49. The lowest BCUT2D eigenvalue weighted by Crippen LogP contribution is -2.69. The predicted molar refractivity (Wildman–Crippen MR) is 185 cm³/mol. The van der Waals surface area contributed by atoms with Gasteiger partial charge < -0.3 is 25.4 Å². The maximum Gasteiger partial charge on any atom is 0.321 e. The fraction of sp³-hybridized carbons (Fsp3) is 0.514. The molecule has 0 saturated carbocycles. The van der Waals surface area contributed by atoms with E-state index in [1.54, 1.807) is 17.0 Å². The zero-order chi connectivity index (χ0) is 34.8. The van der Waals surface area contributed by atoms with Crippen LogP contribution < -0.4 is 10.5 Å². The molecule has 3 aromatic rings. The molecule has 1 unspecified atom stereocenters. The van der Waals surface area contributed by atoms with Crippen molar-refractivity contribution in [2.75, 3.05) is 32.8 Å². The summed E-state index contributed by atoms with van der Waals surface area (Å²) in [5, 5.41) is 15.1. The molecule has 2 aliphatic heterocycles. The lowest BCUT2D eigenvalue weighted by atomic mass is 9.68. The number of nitrogens with zero attached hydrogens (tertiary/aromatic N) is 4. The Bertz CT molecular complexity index is 1710. The number of fused-ring (bicyclic) bond motifs is 1. The number of urea groups is 1. The van der Waals surface area contributed by atoms with E-state index in [1.165, 1.54) is 26.6 Å². The zero-order valence-electron chi connectivity index (χ0n) is 28.3. The van der Waals surface area contributed by atoms with E-state index < -0.39 is 39.4 Å². The van der Waals surface area contributed by atoms with Crippen LogP contribution in [0.4, 0.5) is 4.79 Å². The van der Waals surface area contributed by atoms with Crippen molar-refractivity contribution in [3.05, 3.63) is 75.7 Å². The number of hydrogen-bond acceptors (Lipinski definition) is 8. The van der Waals surface area contributed by atoms with Gasteiger partial charge in [-0.15, -0.1) is 11.3 Å². The first-order valence-corrected chi connectivity index (χ1v) is 18.8. The molecule has 5 rings (SSSR count). The summed E-state index contributed by atoms with van der Waals surface area (Å²) < 4.78 is 35.4. The number of carbonyl (C=O) groups is 2. The van der Waals surface area contributed by atoms with Gasteiger partial charge in [0, 0.05) is 43.9 Å². The van der Waals surface area contributed by atoms with Gasteiger partial charge in [-0.25, -0.2) is 18.2 Å². The van der Waals surface area contributed by atoms with Crippen LogP contribution in [-0.4, -0.2) is 89.0 Å². The number of ether oxygens (including phenoxy) is 1. The molecule has 3 atom stereocenters. The summed E-state index contributed by atoms with van der Waals surface area (Å²) in [6.45, 7) is 10.6. The van der Waals surface area contributed by atoms with Crippen molar-refractivity contribution in [2.24, 2.45) is 23.5 Å². The molecule has 1 aromatic heterocycles. The SMILES string of the molecule is Cc1nc(CN2CCN(C(C(N)=O)(C(C)C)[C@H](Cc3ccccc3)[C@@H](O)CN(CC(C)C)S(=O)(=O)c3ccc4c(c3)CCO4)C2=O)cs1. The molecule has 48 heavy (non-hydrogen) atoms. The fourth-order valence-electron chi connectivity index (χ4n) is 7.23. The number of aliphatic hydroxyl groups is 1. The Morgan fingerprint density at radius 2 is 1.85 bits per heavy atom. The van der Waals surface area contributed by atoms with Gasteiger partial charge in [0.1, 0.15) is 11.3 Å². The quantitative estimate of drug-likeness (QED) is 0.244. The van der Waals surface area contributed by atoms with Gasteiger partial charge in [0.25, 0.3) is 0 Å². The van der Waals surface area contributed by atoms with Crippen molar-refractivity contribution in [3.8, 4) is 5.75 Å². The Balaban J connectivity index is 1.54. The minimum Gasteiger partial charge on any atom is -0.493 e. The Morgan fingerprint density at radius 3 is 2.48 bits per heavy atom. The second-order valence-corrected chi connectivity index (χ2v) is 16.5. The maximum absolute atomic E-state index is 14.2. The first-order valence-electron chi connectivity index (χ1n) is 16.5. The standard InChI is InChI=1S/C35H47N5O6S2/c1-23(2)19-39(48(44,45)29-11-12-32-27(18-29)13-16-46-32)21-31(41)30(17-26-9-7-6-8-10-26)35(24(3)4,33(36)42)40-15-14-38(34(40)43)20-28-22-47-25(5)37-28/h6-12,18,22-24,30-31,41H,13-17,19-21H2,1-5H3,(H2,36,42)/t30-,31+,35?/m1/s1. The number of aryl methyl sites for hydroxylation is 1. The number of sulfonamides is 1. The largest absolute Gasteiger partial charge is 0.493 e. The molecule has 0 aliphatic carbocycles. The van der Waals surface area contributed by atoms with E-state index in [0.717, 1.165) is 21.8 Å². The first kappa shape index (κ1) is 35.8. The minimum absolute atomic E-state index is 0.0635. The Kier molecular flexibility index (Phi) is 10.8. The molecule has 260 valence electrons. The second-order valence-electron chi connectivity index (χ2n) is 13.5. The highest BCUT2D eigenvalue weighted by atomic mass is 32.2. The summed E-state index contributed by atoms with van der Waals surface area (Å²) in [7, 11) is -4.07. The molecule has 0 radical (unpaired) electrons. The Labute approximate surface area is 287 Å². The maximum atomic E-state index is 14.2.